The quantitative estimate of drug-likeness (QED) is 0.808. The van der Waals surface area contributed by atoms with Crippen molar-refractivity contribution in [1.82, 2.24) is 5.06 Å². The van der Waals surface area contributed by atoms with Crippen LogP contribution in [0.25, 0.3) is 0 Å². The highest BCUT2D eigenvalue weighted by Crippen LogP contribution is 2.14. The van der Waals surface area contributed by atoms with Crippen LogP contribution in [-0.2, 0) is 14.4 Å². The molecule has 1 aromatic rings. The maximum absolute atomic E-state index is 12.8. The number of anilines is 1. The third-order valence-electron chi connectivity index (χ3n) is 2.25. The number of nitrogens with zero attached hydrogens (tertiary/aromatic N) is 1. The monoisotopic (exact) mass is 252 g/mol. The van der Waals surface area contributed by atoms with E-state index in [0.717, 1.165) is 6.07 Å². The molecule has 1 N–H and O–H groups in total. The SMILES string of the molecule is O=C(Nc1cccc(F)c1)ON1C(=O)CCC1=O. The van der Waals surface area contributed by atoms with Crippen LogP contribution in [0.15, 0.2) is 24.3 Å². The van der Waals surface area contributed by atoms with Gasteiger partial charge in [-0.1, -0.05) is 6.07 Å². The van der Waals surface area contributed by atoms with Gasteiger partial charge in [-0.2, -0.15) is 0 Å². The number of rotatable bonds is 2. The molecule has 0 aromatic heterocycles. The number of benzene rings is 1. The molecule has 0 spiro atoms. The molecule has 1 aliphatic rings. The third kappa shape index (κ3) is 2.62. The summed E-state index contributed by atoms with van der Waals surface area (Å²) in [7, 11) is 0. The van der Waals surface area contributed by atoms with Crippen molar-refractivity contribution in [3.8, 4) is 0 Å². The maximum Gasteiger partial charge on any atom is 0.436 e. The lowest BCUT2D eigenvalue weighted by Crippen LogP contribution is -2.33. The van der Waals surface area contributed by atoms with E-state index in [1.165, 1.54) is 18.2 Å². The number of carbonyl (C=O) groups is 3. The van der Waals surface area contributed by atoms with Gasteiger partial charge in [0.2, 0.25) is 0 Å². The highest BCUT2D eigenvalue weighted by molar-refractivity contribution is 6.02. The zero-order chi connectivity index (χ0) is 13.1. The smallest absolute Gasteiger partial charge is 0.311 e. The van der Waals surface area contributed by atoms with Crippen molar-refractivity contribution in [2.75, 3.05) is 5.32 Å². The number of halogens is 1. The molecule has 3 amide bonds. The molecule has 1 fully saturated rings. The summed E-state index contributed by atoms with van der Waals surface area (Å²) in [5, 5.41) is 2.61. The summed E-state index contributed by atoms with van der Waals surface area (Å²) in [6.45, 7) is 0. The zero-order valence-electron chi connectivity index (χ0n) is 9.18. The molecule has 94 valence electrons. The van der Waals surface area contributed by atoms with Gasteiger partial charge < -0.3 is 4.84 Å². The van der Waals surface area contributed by atoms with E-state index in [0.29, 0.717) is 5.06 Å². The third-order valence-corrected chi connectivity index (χ3v) is 2.25. The van der Waals surface area contributed by atoms with E-state index >= 15 is 0 Å². The molecular formula is C11H9FN2O4. The second-order valence-electron chi connectivity index (χ2n) is 3.60. The van der Waals surface area contributed by atoms with Crippen molar-refractivity contribution < 1.29 is 23.6 Å². The van der Waals surface area contributed by atoms with Crippen molar-refractivity contribution in [2.45, 2.75) is 12.8 Å². The highest BCUT2D eigenvalue weighted by Gasteiger charge is 2.32. The molecule has 0 aliphatic carbocycles. The number of imide groups is 1. The molecule has 1 saturated heterocycles. The summed E-state index contributed by atoms with van der Waals surface area (Å²) in [6, 6.07) is 5.13. The first-order chi connectivity index (χ1) is 8.56. The lowest BCUT2D eigenvalue weighted by molar-refractivity contribution is -0.170. The second-order valence-corrected chi connectivity index (χ2v) is 3.60. The lowest BCUT2D eigenvalue weighted by atomic mass is 10.3. The molecule has 0 unspecified atom stereocenters. The van der Waals surface area contributed by atoms with Crippen molar-refractivity contribution in [1.29, 1.82) is 0 Å². The molecule has 6 nitrogen and oxygen atoms in total. The van der Waals surface area contributed by atoms with Crippen molar-refractivity contribution in [3.05, 3.63) is 30.1 Å². The van der Waals surface area contributed by atoms with Gasteiger partial charge in [0.25, 0.3) is 11.8 Å². The Bertz CT molecular complexity index is 502. The van der Waals surface area contributed by atoms with Gasteiger partial charge in [-0.25, -0.2) is 9.18 Å². The highest BCUT2D eigenvalue weighted by atomic mass is 19.1. The molecule has 18 heavy (non-hydrogen) atoms. The summed E-state index contributed by atoms with van der Waals surface area (Å²) >= 11 is 0. The Balaban J connectivity index is 1.97. The Kier molecular flexibility index (Phi) is 3.22. The predicted molar refractivity (Wildman–Crippen MR) is 57.6 cm³/mol. The summed E-state index contributed by atoms with van der Waals surface area (Å²) in [6.07, 6.45) is -0.984. The Hall–Kier alpha value is -2.44. The first-order valence-electron chi connectivity index (χ1n) is 5.16. The molecule has 0 radical (unpaired) electrons. The van der Waals surface area contributed by atoms with Crippen LogP contribution in [0.1, 0.15) is 12.8 Å². The van der Waals surface area contributed by atoms with Crippen LogP contribution < -0.4 is 5.32 Å². The van der Waals surface area contributed by atoms with E-state index in [1.54, 1.807) is 0 Å². The molecule has 0 bridgehead atoms. The number of hydrogen-bond donors (Lipinski definition) is 1. The Morgan fingerprint density at radius 3 is 2.56 bits per heavy atom. The number of carbonyl (C=O) groups excluding carboxylic acids is 3. The minimum Gasteiger partial charge on any atom is -0.311 e. The van der Waals surface area contributed by atoms with Gasteiger partial charge in [0.1, 0.15) is 5.82 Å². The number of nitrogens with one attached hydrogen (secondary N) is 1. The minimum atomic E-state index is -1.02. The van der Waals surface area contributed by atoms with Crippen LogP contribution in [-0.4, -0.2) is 23.0 Å². The standard InChI is InChI=1S/C11H9FN2O4/c12-7-2-1-3-8(6-7)13-11(17)18-14-9(15)4-5-10(14)16/h1-3,6H,4-5H2,(H,13,17). The minimum absolute atomic E-state index is 0.0199. The molecular weight excluding hydrogens is 243 g/mol. The Labute approximate surface area is 101 Å². The second kappa shape index (κ2) is 4.82. The largest absolute Gasteiger partial charge is 0.436 e. The molecule has 2 rings (SSSR count). The van der Waals surface area contributed by atoms with Gasteiger partial charge in [0, 0.05) is 18.5 Å². The first-order valence-corrected chi connectivity index (χ1v) is 5.16. The van der Waals surface area contributed by atoms with Crippen LogP contribution in [0, 0.1) is 5.82 Å². The van der Waals surface area contributed by atoms with Gasteiger partial charge in [-0.15, -0.1) is 5.06 Å². The summed E-state index contributed by atoms with van der Waals surface area (Å²) < 4.78 is 12.8. The van der Waals surface area contributed by atoms with Crippen LogP contribution in [0.4, 0.5) is 14.9 Å². The molecule has 1 heterocycles. The predicted octanol–water partition coefficient (Wildman–Crippen LogP) is 1.44. The van der Waals surface area contributed by atoms with Gasteiger partial charge in [0.15, 0.2) is 0 Å². The van der Waals surface area contributed by atoms with Crippen molar-refractivity contribution in [3.63, 3.8) is 0 Å². The Morgan fingerprint density at radius 2 is 1.94 bits per heavy atom. The fraction of sp³-hybridized carbons (Fsp3) is 0.182. The lowest BCUT2D eigenvalue weighted by Gasteiger charge is -2.13. The summed E-state index contributed by atoms with van der Waals surface area (Å²) in [5.41, 5.74) is 0.166. The number of amides is 3. The Morgan fingerprint density at radius 1 is 1.28 bits per heavy atom. The van der Waals surface area contributed by atoms with Gasteiger partial charge in [0.05, 0.1) is 0 Å². The molecule has 7 heteroatoms. The average molecular weight is 252 g/mol. The van der Waals surface area contributed by atoms with E-state index < -0.39 is 23.7 Å². The molecule has 1 aliphatic heterocycles. The molecule has 0 atom stereocenters. The van der Waals surface area contributed by atoms with E-state index in [-0.39, 0.29) is 18.5 Å². The van der Waals surface area contributed by atoms with Gasteiger partial charge in [-0.3, -0.25) is 14.9 Å². The average Bonchev–Trinajstić information content (AvgIpc) is 2.61. The molecule has 0 saturated carbocycles. The van der Waals surface area contributed by atoms with Crippen LogP contribution >= 0.6 is 0 Å². The number of hydrogen-bond acceptors (Lipinski definition) is 4. The topological polar surface area (TPSA) is 75.7 Å². The van der Waals surface area contributed by atoms with E-state index in [2.05, 4.69) is 10.2 Å². The fourth-order valence-corrected chi connectivity index (χ4v) is 1.45. The zero-order valence-corrected chi connectivity index (χ0v) is 9.18. The summed E-state index contributed by atoms with van der Waals surface area (Å²) in [5.74, 6) is -1.68. The van der Waals surface area contributed by atoms with E-state index in [4.69, 9.17) is 0 Å². The first kappa shape index (κ1) is 12.0. The van der Waals surface area contributed by atoms with Crippen molar-refractivity contribution >= 4 is 23.6 Å². The van der Waals surface area contributed by atoms with Gasteiger partial charge >= 0.3 is 6.09 Å². The van der Waals surface area contributed by atoms with Crippen LogP contribution in [0.5, 0.6) is 0 Å². The maximum atomic E-state index is 12.8. The summed E-state index contributed by atoms with van der Waals surface area (Å²) in [4.78, 5) is 38.2. The number of hydroxylamine groups is 2. The van der Waals surface area contributed by atoms with Crippen LogP contribution in [0.2, 0.25) is 0 Å². The van der Waals surface area contributed by atoms with Gasteiger partial charge in [-0.05, 0) is 18.2 Å². The van der Waals surface area contributed by atoms with E-state index in [1.807, 2.05) is 0 Å². The van der Waals surface area contributed by atoms with Crippen LogP contribution in [0.3, 0.4) is 0 Å². The van der Waals surface area contributed by atoms with E-state index in [9.17, 15) is 18.8 Å². The van der Waals surface area contributed by atoms with Crippen molar-refractivity contribution in [2.24, 2.45) is 0 Å². The molecule has 1 aromatic carbocycles. The fourth-order valence-electron chi connectivity index (χ4n) is 1.45. The normalized spacial score (nSPS) is 14.8.